The first-order valence-corrected chi connectivity index (χ1v) is 10.3. The van der Waals surface area contributed by atoms with Crippen LogP contribution in [0.5, 0.6) is 0 Å². The van der Waals surface area contributed by atoms with E-state index >= 15 is 0 Å². The lowest BCUT2D eigenvalue weighted by Crippen LogP contribution is -2.40. The van der Waals surface area contributed by atoms with Crippen molar-refractivity contribution < 1.29 is 4.79 Å². The van der Waals surface area contributed by atoms with Crippen molar-refractivity contribution in [3.63, 3.8) is 0 Å². The number of primary amides is 1. The second-order valence-electron chi connectivity index (χ2n) is 8.27. The van der Waals surface area contributed by atoms with E-state index < -0.39 is 0 Å². The van der Waals surface area contributed by atoms with Crippen LogP contribution in [0.1, 0.15) is 68.0 Å². The van der Waals surface area contributed by atoms with Gasteiger partial charge in [-0.05, 0) is 61.8 Å². The maximum Gasteiger partial charge on any atom is 0.220 e. The zero-order valence-corrected chi connectivity index (χ0v) is 17.3. The van der Waals surface area contributed by atoms with E-state index in [0.717, 1.165) is 50.2 Å². The summed E-state index contributed by atoms with van der Waals surface area (Å²) in [5.74, 6) is 0.306. The number of aromatic nitrogens is 2. The summed E-state index contributed by atoms with van der Waals surface area (Å²) in [4.78, 5) is 23.4. The second-order valence-corrected chi connectivity index (χ2v) is 8.27. The van der Waals surface area contributed by atoms with Crippen molar-refractivity contribution in [3.8, 4) is 0 Å². The van der Waals surface area contributed by atoms with Crippen LogP contribution in [0.3, 0.4) is 0 Å². The maximum atomic E-state index is 11.6. The number of carbonyl (C=O) groups excluding carboxylic acids is 1. The molecule has 1 aliphatic carbocycles. The average molecular weight is 381 g/mol. The van der Waals surface area contributed by atoms with Gasteiger partial charge in [0.2, 0.25) is 5.91 Å². The molecule has 28 heavy (non-hydrogen) atoms. The summed E-state index contributed by atoms with van der Waals surface area (Å²) in [5, 5.41) is 0. The molecule has 1 amide bonds. The molecule has 0 saturated heterocycles. The van der Waals surface area contributed by atoms with Crippen molar-refractivity contribution in [2.45, 2.75) is 71.5 Å². The highest BCUT2D eigenvalue weighted by Crippen LogP contribution is 2.30. The van der Waals surface area contributed by atoms with Gasteiger partial charge >= 0.3 is 0 Å². The minimum atomic E-state index is -0.155. The van der Waals surface area contributed by atoms with E-state index in [9.17, 15) is 4.79 Å². The van der Waals surface area contributed by atoms with Crippen LogP contribution in [0.4, 0.5) is 0 Å². The van der Waals surface area contributed by atoms with Gasteiger partial charge in [-0.2, -0.15) is 0 Å². The number of rotatable bonds is 7. The molecule has 0 radical (unpaired) electrons. The van der Waals surface area contributed by atoms with E-state index in [-0.39, 0.29) is 11.8 Å². The van der Waals surface area contributed by atoms with Crippen LogP contribution in [-0.2, 0) is 17.9 Å². The lowest BCUT2D eigenvalue weighted by Gasteiger charge is -2.36. The smallest absolute Gasteiger partial charge is 0.220 e. The molecule has 5 heteroatoms. The van der Waals surface area contributed by atoms with Gasteiger partial charge in [0, 0.05) is 37.4 Å². The highest BCUT2D eigenvalue weighted by molar-refractivity contribution is 5.76. The van der Waals surface area contributed by atoms with Gasteiger partial charge in [0.25, 0.3) is 0 Å². The van der Waals surface area contributed by atoms with Crippen LogP contribution in [0.15, 0.2) is 36.7 Å². The molecule has 0 unspecified atom stereocenters. The van der Waals surface area contributed by atoms with Crippen molar-refractivity contribution in [1.82, 2.24) is 14.9 Å². The average Bonchev–Trinajstić information content (AvgIpc) is 2.69. The number of hydrogen-bond acceptors (Lipinski definition) is 4. The second kappa shape index (κ2) is 9.28. The first-order valence-electron chi connectivity index (χ1n) is 10.3. The minimum Gasteiger partial charge on any atom is -0.369 e. The van der Waals surface area contributed by atoms with Gasteiger partial charge < -0.3 is 5.73 Å². The number of nitrogens with two attached hydrogens (primary N) is 1. The molecule has 150 valence electrons. The fraction of sp³-hybridized carbons (Fsp3) is 0.522. The van der Waals surface area contributed by atoms with Gasteiger partial charge in [-0.25, -0.2) is 0 Å². The number of carbonyl (C=O) groups is 1. The van der Waals surface area contributed by atoms with Gasteiger partial charge in [0.1, 0.15) is 0 Å². The molecule has 3 rings (SSSR count). The molecule has 2 N–H and O–H groups in total. The molecule has 0 spiro atoms. The van der Waals surface area contributed by atoms with Crippen LogP contribution in [0, 0.1) is 12.8 Å². The van der Waals surface area contributed by atoms with E-state index in [0.29, 0.717) is 12.0 Å². The topological polar surface area (TPSA) is 72.1 Å². The van der Waals surface area contributed by atoms with Crippen LogP contribution in [0.25, 0.3) is 0 Å². The summed E-state index contributed by atoms with van der Waals surface area (Å²) in [6, 6.07) is 8.71. The predicted octanol–water partition coefficient (Wildman–Crippen LogP) is 3.95. The van der Waals surface area contributed by atoms with Crippen LogP contribution >= 0.6 is 0 Å². The Labute approximate surface area is 168 Å². The van der Waals surface area contributed by atoms with Gasteiger partial charge in [-0.3, -0.25) is 19.7 Å². The standard InChI is InChI=1S/C23H32N4O/c1-16(2)20-7-5-13-26-22(20)15-27(14-21-17(3)6-4-12-25-21)19-10-8-18(9-11-19)23(24)28/h4-7,12-13,16,18-19H,8-11,14-15H2,1-3H3,(H2,24,28)/t18-,19-. The quantitative estimate of drug-likeness (QED) is 0.789. The lowest BCUT2D eigenvalue weighted by molar-refractivity contribution is -0.123. The van der Waals surface area contributed by atoms with E-state index in [1.807, 2.05) is 24.5 Å². The third kappa shape index (κ3) is 4.96. The zero-order chi connectivity index (χ0) is 20.1. The van der Waals surface area contributed by atoms with Crippen LogP contribution in [0.2, 0.25) is 0 Å². The Balaban J connectivity index is 1.83. The Kier molecular flexibility index (Phi) is 6.79. The van der Waals surface area contributed by atoms with Gasteiger partial charge in [0.15, 0.2) is 0 Å². The van der Waals surface area contributed by atoms with Crippen molar-refractivity contribution >= 4 is 5.91 Å². The van der Waals surface area contributed by atoms with Crippen LogP contribution in [-0.4, -0.2) is 26.8 Å². The zero-order valence-electron chi connectivity index (χ0n) is 17.3. The molecule has 0 aliphatic heterocycles. The Hall–Kier alpha value is -2.27. The summed E-state index contributed by atoms with van der Waals surface area (Å²) in [5.41, 5.74) is 10.3. The van der Waals surface area contributed by atoms with Gasteiger partial charge in [-0.1, -0.05) is 26.0 Å². The third-order valence-corrected chi connectivity index (χ3v) is 5.99. The van der Waals surface area contributed by atoms with E-state index in [1.54, 1.807) is 0 Å². The first-order chi connectivity index (χ1) is 13.5. The van der Waals surface area contributed by atoms with Gasteiger partial charge in [-0.15, -0.1) is 0 Å². The number of aryl methyl sites for hydroxylation is 1. The third-order valence-electron chi connectivity index (χ3n) is 5.99. The summed E-state index contributed by atoms with van der Waals surface area (Å²) >= 11 is 0. The highest BCUT2D eigenvalue weighted by Gasteiger charge is 2.29. The molecule has 2 aromatic rings. The number of nitrogens with zero attached hydrogens (tertiary/aromatic N) is 3. The first kappa shape index (κ1) is 20.5. The molecule has 0 atom stereocenters. The number of hydrogen-bond donors (Lipinski definition) is 1. The molecule has 0 aromatic carbocycles. The molecule has 1 fully saturated rings. The van der Waals surface area contributed by atoms with E-state index in [2.05, 4.69) is 42.8 Å². The largest absolute Gasteiger partial charge is 0.369 e. The lowest BCUT2D eigenvalue weighted by atomic mass is 9.84. The van der Waals surface area contributed by atoms with Crippen molar-refractivity contribution in [2.75, 3.05) is 0 Å². The summed E-state index contributed by atoms with van der Waals surface area (Å²) in [6.07, 6.45) is 7.47. The SMILES string of the molecule is Cc1cccnc1CN(Cc1ncccc1C(C)C)[C@H]1CC[C@H](C(N)=O)CC1. The van der Waals surface area contributed by atoms with Gasteiger partial charge in [0.05, 0.1) is 11.4 Å². The maximum absolute atomic E-state index is 11.6. The Morgan fingerprint density at radius 3 is 2.29 bits per heavy atom. The molecule has 2 aromatic heterocycles. The Morgan fingerprint density at radius 1 is 1.07 bits per heavy atom. The van der Waals surface area contributed by atoms with Crippen molar-refractivity contribution in [3.05, 3.63) is 59.2 Å². The molecule has 2 heterocycles. The normalized spacial score (nSPS) is 19.9. The minimum absolute atomic E-state index is 0.0239. The molecule has 1 aliphatic rings. The Bertz CT molecular complexity index is 797. The summed E-state index contributed by atoms with van der Waals surface area (Å²) < 4.78 is 0. The molecule has 5 nitrogen and oxygen atoms in total. The monoisotopic (exact) mass is 380 g/mol. The van der Waals surface area contributed by atoms with Crippen molar-refractivity contribution in [2.24, 2.45) is 11.7 Å². The fourth-order valence-electron chi connectivity index (χ4n) is 4.22. The van der Waals surface area contributed by atoms with Crippen molar-refractivity contribution in [1.29, 1.82) is 0 Å². The fourth-order valence-corrected chi connectivity index (χ4v) is 4.22. The molecular formula is C23H32N4O. The predicted molar refractivity (Wildman–Crippen MR) is 111 cm³/mol. The Morgan fingerprint density at radius 2 is 1.68 bits per heavy atom. The number of amides is 1. The molecule has 1 saturated carbocycles. The molecule has 0 bridgehead atoms. The highest BCUT2D eigenvalue weighted by atomic mass is 16.1. The summed E-state index contributed by atoms with van der Waals surface area (Å²) in [6.45, 7) is 8.14. The van der Waals surface area contributed by atoms with E-state index in [1.165, 1.54) is 11.1 Å². The molecular weight excluding hydrogens is 348 g/mol. The number of pyridine rings is 2. The summed E-state index contributed by atoms with van der Waals surface area (Å²) in [7, 11) is 0. The van der Waals surface area contributed by atoms with E-state index in [4.69, 9.17) is 10.7 Å². The van der Waals surface area contributed by atoms with Crippen LogP contribution < -0.4 is 5.73 Å².